The van der Waals surface area contributed by atoms with Gasteiger partial charge in [0.2, 0.25) is 0 Å². The van der Waals surface area contributed by atoms with Crippen LogP contribution in [0.3, 0.4) is 0 Å². The number of methoxy groups -OCH3 is 2. The van der Waals surface area contributed by atoms with Crippen LogP contribution in [0.25, 0.3) is 0 Å². The lowest BCUT2D eigenvalue weighted by molar-refractivity contribution is -0.144. The highest BCUT2D eigenvalue weighted by Crippen LogP contribution is 2.09. The van der Waals surface area contributed by atoms with Gasteiger partial charge in [0.1, 0.15) is 29.9 Å². The molecule has 292 valence electrons. The molecular weight excluding hydrogens is 708 g/mol. The normalized spacial score (nSPS) is 13.2. The van der Waals surface area contributed by atoms with E-state index >= 15 is 0 Å². The molecule has 2 rings (SSSR count). The summed E-state index contributed by atoms with van der Waals surface area (Å²) in [5.74, 6) is 18.6. The number of aliphatic hydroxyl groups is 2. The molecule has 0 unspecified atom stereocenters. The zero-order valence-corrected chi connectivity index (χ0v) is 32.3. The fraction of sp³-hybridized carbons (Fsp3) is 0.390. The van der Waals surface area contributed by atoms with Gasteiger partial charge in [-0.25, -0.2) is 14.4 Å². The number of esters is 2. The Morgan fingerprint density at radius 1 is 0.636 bits per heavy atom. The van der Waals surface area contributed by atoms with Gasteiger partial charge in [0.15, 0.2) is 0 Å². The van der Waals surface area contributed by atoms with E-state index in [2.05, 4.69) is 68.1 Å². The molecule has 14 nitrogen and oxygen atoms in total. The van der Waals surface area contributed by atoms with Crippen molar-refractivity contribution in [1.29, 1.82) is 0 Å². The van der Waals surface area contributed by atoms with E-state index in [1.54, 1.807) is 90.1 Å². The summed E-state index contributed by atoms with van der Waals surface area (Å²) in [6.45, 7) is 11.4. The summed E-state index contributed by atoms with van der Waals surface area (Å²) in [5, 5.41) is 25.7. The summed E-state index contributed by atoms with van der Waals surface area (Å²) >= 11 is 0. The number of amides is 3. The summed E-state index contributed by atoms with van der Waals surface area (Å²) in [4.78, 5) is 60.5. The van der Waals surface area contributed by atoms with Crippen LogP contribution in [-0.4, -0.2) is 96.3 Å². The number of carbonyl (C=O) groups is 5. The number of benzene rings is 2. The average molecular weight is 757 g/mol. The maximum atomic E-state index is 12.6. The second-order valence-electron chi connectivity index (χ2n) is 12.8. The standard InChI is InChI=1S/C23H28N2O6.C18H20N2O4/c1-15(26)9-7-8-10-17-11-13-18(14-12-17)20(27)25-19(21(28)30-6)16(2)24-22(29)31-23(3,4)5;1-12(21)6-4-5-7-14-8-10-15(11-9-14)17(22)20-16(13(2)19)18(23)24-3/h11-16,19,26H,1-6H3,(H,24,29)(H,25,27);8-13,16,21H,19H2,1-3H3,(H,20,22)/t15-,16+,19-;12-,13+,16-/m00/s1. The molecule has 2 aromatic carbocycles. The minimum atomic E-state index is -1.12. The smallest absolute Gasteiger partial charge is 0.407 e. The van der Waals surface area contributed by atoms with Gasteiger partial charge in [-0.2, -0.15) is 0 Å². The molecule has 0 aromatic heterocycles. The SMILES string of the molecule is COC(=O)[C@@H](NC(=O)c1ccc(C#CC#C[C@H](C)O)cc1)[C@@H](C)N.COC(=O)[C@@H](NC(=O)c1ccc(C#CC#C[C@H](C)O)cc1)[C@@H](C)NC(=O)OC(C)(C)C. The fourth-order valence-electron chi connectivity index (χ4n) is 3.97. The van der Waals surface area contributed by atoms with Crippen molar-refractivity contribution in [3.05, 3.63) is 70.8 Å². The third-order valence-electron chi connectivity index (χ3n) is 6.65. The molecule has 55 heavy (non-hydrogen) atoms. The van der Waals surface area contributed by atoms with Crippen molar-refractivity contribution in [1.82, 2.24) is 16.0 Å². The summed E-state index contributed by atoms with van der Waals surface area (Å²) in [6, 6.07) is 9.40. The number of ether oxygens (including phenoxy) is 3. The molecule has 0 aliphatic heterocycles. The zero-order chi connectivity index (χ0) is 41.7. The molecule has 7 N–H and O–H groups in total. The molecule has 0 saturated heterocycles. The summed E-state index contributed by atoms with van der Waals surface area (Å²) < 4.78 is 14.5. The van der Waals surface area contributed by atoms with Crippen LogP contribution in [0.2, 0.25) is 0 Å². The van der Waals surface area contributed by atoms with Crippen molar-refractivity contribution in [2.45, 2.75) is 90.4 Å². The Morgan fingerprint density at radius 2 is 1.02 bits per heavy atom. The van der Waals surface area contributed by atoms with Crippen LogP contribution in [0.1, 0.15) is 80.3 Å². The van der Waals surface area contributed by atoms with Gasteiger partial charge >= 0.3 is 18.0 Å². The molecule has 6 atom stereocenters. The maximum absolute atomic E-state index is 12.6. The first kappa shape index (κ1) is 46.7. The second kappa shape index (κ2) is 23.4. The van der Waals surface area contributed by atoms with Crippen LogP contribution in [0.4, 0.5) is 4.79 Å². The first-order valence-electron chi connectivity index (χ1n) is 16.9. The van der Waals surface area contributed by atoms with Crippen molar-refractivity contribution in [2.24, 2.45) is 5.73 Å². The lowest BCUT2D eigenvalue weighted by Gasteiger charge is -2.26. The third-order valence-corrected chi connectivity index (χ3v) is 6.65. The minimum absolute atomic E-state index is 0.291. The van der Waals surface area contributed by atoms with Crippen LogP contribution >= 0.6 is 0 Å². The summed E-state index contributed by atoms with van der Waals surface area (Å²) in [6.07, 6.45) is -2.20. The molecule has 3 amide bonds. The highest BCUT2D eigenvalue weighted by atomic mass is 16.6. The quantitative estimate of drug-likeness (QED) is 0.123. The van der Waals surface area contributed by atoms with Gasteiger partial charge in [-0.3, -0.25) is 9.59 Å². The van der Waals surface area contributed by atoms with E-state index in [-0.39, 0.29) is 0 Å². The number of nitrogens with two attached hydrogens (primary N) is 1. The van der Waals surface area contributed by atoms with Crippen LogP contribution in [0, 0.1) is 47.4 Å². The van der Waals surface area contributed by atoms with Gasteiger partial charge < -0.3 is 46.1 Å². The minimum Gasteiger partial charge on any atom is -0.467 e. The number of nitrogens with one attached hydrogen (secondary N) is 3. The van der Waals surface area contributed by atoms with Gasteiger partial charge in [-0.15, -0.1) is 0 Å². The Labute approximate surface area is 322 Å². The van der Waals surface area contributed by atoms with E-state index in [0.29, 0.717) is 22.3 Å². The molecule has 0 saturated carbocycles. The topological polar surface area (TPSA) is 216 Å². The lowest BCUT2D eigenvalue weighted by atomic mass is 10.1. The largest absolute Gasteiger partial charge is 0.467 e. The van der Waals surface area contributed by atoms with E-state index < -0.39 is 71.8 Å². The van der Waals surface area contributed by atoms with Crippen molar-refractivity contribution in [3.63, 3.8) is 0 Å². The molecule has 0 bridgehead atoms. The van der Waals surface area contributed by atoms with Gasteiger partial charge in [0.25, 0.3) is 11.8 Å². The van der Waals surface area contributed by atoms with E-state index in [0.717, 1.165) is 0 Å². The Bertz CT molecular complexity index is 1890. The Kier molecular flexibility index (Phi) is 19.9. The first-order valence-corrected chi connectivity index (χ1v) is 16.9. The molecule has 14 heteroatoms. The molecular formula is C41H48N4O10. The number of carbonyl (C=O) groups excluding carboxylic acids is 5. The lowest BCUT2D eigenvalue weighted by Crippen LogP contribution is -2.55. The predicted molar refractivity (Wildman–Crippen MR) is 205 cm³/mol. The zero-order valence-electron chi connectivity index (χ0n) is 32.3. The predicted octanol–water partition coefficient (Wildman–Crippen LogP) is 1.65. The molecule has 0 spiro atoms. The van der Waals surface area contributed by atoms with E-state index in [4.69, 9.17) is 25.4 Å². The Balaban J connectivity index is 0.000000568. The number of hydrogen-bond acceptors (Lipinski definition) is 11. The molecule has 0 aliphatic rings. The molecule has 0 fully saturated rings. The number of hydrogen-bond donors (Lipinski definition) is 6. The van der Waals surface area contributed by atoms with Crippen LogP contribution in [-0.2, 0) is 23.8 Å². The summed E-state index contributed by atoms with van der Waals surface area (Å²) in [7, 11) is 2.42. The second-order valence-corrected chi connectivity index (χ2v) is 12.8. The van der Waals surface area contributed by atoms with Gasteiger partial charge in [0.05, 0.1) is 20.3 Å². The third kappa shape index (κ3) is 18.9. The monoisotopic (exact) mass is 756 g/mol. The van der Waals surface area contributed by atoms with Gasteiger partial charge in [-0.05, 0) is 121 Å². The maximum Gasteiger partial charge on any atom is 0.407 e. The van der Waals surface area contributed by atoms with Crippen molar-refractivity contribution in [2.75, 3.05) is 14.2 Å². The van der Waals surface area contributed by atoms with Crippen LogP contribution < -0.4 is 21.7 Å². The van der Waals surface area contributed by atoms with E-state index in [1.807, 2.05) is 0 Å². The molecule has 0 aliphatic carbocycles. The van der Waals surface area contributed by atoms with Crippen molar-refractivity contribution in [3.8, 4) is 47.4 Å². The first-order chi connectivity index (χ1) is 25.8. The molecule has 2 aromatic rings. The number of alkyl carbamates (subject to hydrolysis) is 1. The molecule has 0 radical (unpaired) electrons. The number of rotatable bonds is 9. The van der Waals surface area contributed by atoms with Crippen molar-refractivity contribution >= 4 is 29.8 Å². The average Bonchev–Trinajstić information content (AvgIpc) is 3.11. The van der Waals surface area contributed by atoms with E-state index in [1.165, 1.54) is 21.1 Å². The van der Waals surface area contributed by atoms with Crippen LogP contribution in [0.5, 0.6) is 0 Å². The van der Waals surface area contributed by atoms with Crippen LogP contribution in [0.15, 0.2) is 48.5 Å². The van der Waals surface area contributed by atoms with Crippen molar-refractivity contribution < 1.29 is 48.4 Å². The Hall–Kier alpha value is -6.29. The van der Waals surface area contributed by atoms with Gasteiger partial charge in [0, 0.05) is 28.3 Å². The summed E-state index contributed by atoms with van der Waals surface area (Å²) in [5.41, 5.74) is 6.93. The molecule has 0 heterocycles. The van der Waals surface area contributed by atoms with Gasteiger partial charge in [-0.1, -0.05) is 23.7 Å². The highest BCUT2D eigenvalue weighted by molar-refractivity contribution is 5.98. The Morgan fingerprint density at radius 3 is 1.36 bits per heavy atom. The van der Waals surface area contributed by atoms with E-state index in [9.17, 15) is 24.0 Å². The highest BCUT2D eigenvalue weighted by Gasteiger charge is 2.31. The fourth-order valence-corrected chi connectivity index (χ4v) is 3.97. The number of aliphatic hydroxyl groups excluding tert-OH is 2.